The Morgan fingerprint density at radius 1 is 0.681 bits per heavy atom. The molecular weight excluding hydrogens is 592 g/mol. The lowest BCUT2D eigenvalue weighted by Crippen LogP contribution is -2.10. The molecule has 0 saturated heterocycles. The van der Waals surface area contributed by atoms with Crippen LogP contribution in [0.5, 0.6) is 0 Å². The van der Waals surface area contributed by atoms with Gasteiger partial charge in [-0.2, -0.15) is 10.2 Å². The van der Waals surface area contributed by atoms with E-state index in [0.29, 0.717) is 58.4 Å². The molecule has 0 radical (unpaired) electrons. The number of nitrogen functional groups attached to an aromatic ring is 1. The zero-order valence-corrected chi connectivity index (χ0v) is 27.1. The molecule has 0 saturated carbocycles. The van der Waals surface area contributed by atoms with Gasteiger partial charge in [0.1, 0.15) is 11.6 Å². The number of nitrogens with one attached hydrogen (secondary N) is 3. The molecule has 0 aliphatic rings. The van der Waals surface area contributed by atoms with E-state index in [2.05, 4.69) is 84.0 Å². The number of carbonyl (C=O) groups excluding carboxylic acids is 1. The first-order valence-corrected chi connectivity index (χ1v) is 15.4. The van der Waals surface area contributed by atoms with Crippen molar-refractivity contribution in [1.82, 2.24) is 40.3 Å². The fraction of sp³-hybridized carbons (Fsp3) is 0.265. The number of nitrogens with two attached hydrogens (primary N) is 1. The van der Waals surface area contributed by atoms with Crippen molar-refractivity contribution in [3.63, 3.8) is 0 Å². The maximum atomic E-state index is 11.8. The second-order valence-corrected chi connectivity index (χ2v) is 11.6. The van der Waals surface area contributed by atoms with Gasteiger partial charge in [-0.05, 0) is 77.9 Å². The molecule has 0 unspecified atom stereocenters. The predicted octanol–water partition coefficient (Wildman–Crippen LogP) is 6.89. The SMILES string of the molecule is CC(C)c1cnnc(Nc2ccc3ncc(N)cc3n2)c1.CCCC(=O)Nc1cnc2ccc(Nc3cc(C(C)C)cnn3)nc2c1. The number of aromatic nitrogens is 8. The van der Waals surface area contributed by atoms with Gasteiger partial charge < -0.3 is 21.7 Å². The number of nitrogens with zero attached hydrogens (tertiary/aromatic N) is 8. The minimum Gasteiger partial charge on any atom is -0.397 e. The van der Waals surface area contributed by atoms with Crippen LogP contribution in [0.4, 0.5) is 34.6 Å². The number of amides is 1. The lowest BCUT2D eigenvalue weighted by Gasteiger charge is -2.09. The Morgan fingerprint density at radius 2 is 1.21 bits per heavy atom. The van der Waals surface area contributed by atoms with Crippen molar-refractivity contribution in [2.45, 2.75) is 59.3 Å². The fourth-order valence-corrected chi connectivity index (χ4v) is 4.47. The van der Waals surface area contributed by atoms with Gasteiger partial charge in [-0.1, -0.05) is 34.6 Å². The Balaban J connectivity index is 0.000000189. The Labute approximate surface area is 272 Å². The molecule has 13 nitrogen and oxygen atoms in total. The lowest BCUT2D eigenvalue weighted by molar-refractivity contribution is -0.116. The highest BCUT2D eigenvalue weighted by molar-refractivity contribution is 5.92. The molecule has 0 bridgehead atoms. The van der Waals surface area contributed by atoms with Crippen LogP contribution in [0.2, 0.25) is 0 Å². The third-order valence-electron chi connectivity index (χ3n) is 7.05. The smallest absolute Gasteiger partial charge is 0.224 e. The standard InChI is InChI=1S/C19H22N6O.C15H16N6/c1-4-5-19(26)22-14-9-16-15(20-11-14)6-7-17(23-16)24-18-8-13(12(2)3)10-21-25-18;1-9(2)10-5-15(21-18-7-10)20-14-4-3-12-13(19-14)6-11(16)8-17-12/h6-12H,4-5H2,1-3H3,(H,22,26)(H,23,24,25);3-9H,16H2,1-2H3,(H,19,20,21). The molecular formula is C34H38N12O. The summed E-state index contributed by atoms with van der Waals surface area (Å²) in [6, 6.07) is 15.0. The molecule has 6 aromatic rings. The van der Waals surface area contributed by atoms with Crippen molar-refractivity contribution in [2.75, 3.05) is 21.7 Å². The number of hydrogen-bond donors (Lipinski definition) is 4. The number of pyridine rings is 4. The maximum Gasteiger partial charge on any atom is 0.224 e. The molecule has 240 valence electrons. The summed E-state index contributed by atoms with van der Waals surface area (Å²) < 4.78 is 0. The summed E-state index contributed by atoms with van der Waals surface area (Å²) in [5.74, 6) is 3.39. The molecule has 0 aromatic carbocycles. The van der Waals surface area contributed by atoms with Crippen molar-refractivity contribution in [3.05, 3.63) is 84.4 Å². The van der Waals surface area contributed by atoms with Crippen LogP contribution in [0.15, 0.2) is 73.3 Å². The first-order chi connectivity index (χ1) is 22.7. The lowest BCUT2D eigenvalue weighted by atomic mass is 10.1. The van der Waals surface area contributed by atoms with E-state index in [1.807, 2.05) is 49.4 Å². The second-order valence-electron chi connectivity index (χ2n) is 11.6. The van der Waals surface area contributed by atoms with Gasteiger partial charge in [-0.3, -0.25) is 14.8 Å². The van der Waals surface area contributed by atoms with Crippen LogP contribution in [0, 0.1) is 0 Å². The molecule has 0 aliphatic heterocycles. The quantitative estimate of drug-likeness (QED) is 0.130. The summed E-state index contributed by atoms with van der Waals surface area (Å²) in [5.41, 5.74) is 12.2. The summed E-state index contributed by atoms with van der Waals surface area (Å²) in [4.78, 5) is 29.4. The van der Waals surface area contributed by atoms with Crippen molar-refractivity contribution < 1.29 is 4.79 Å². The first-order valence-electron chi connectivity index (χ1n) is 15.4. The Morgan fingerprint density at radius 3 is 1.74 bits per heavy atom. The summed E-state index contributed by atoms with van der Waals surface area (Å²) in [7, 11) is 0. The zero-order chi connectivity index (χ0) is 33.3. The Hall–Kier alpha value is -5.85. The third kappa shape index (κ3) is 8.87. The summed E-state index contributed by atoms with van der Waals surface area (Å²) in [6.07, 6.45) is 8.08. The van der Waals surface area contributed by atoms with E-state index in [-0.39, 0.29) is 5.91 Å². The van der Waals surface area contributed by atoms with Gasteiger partial charge in [0.05, 0.1) is 58.2 Å². The third-order valence-corrected chi connectivity index (χ3v) is 7.05. The highest BCUT2D eigenvalue weighted by atomic mass is 16.1. The van der Waals surface area contributed by atoms with E-state index in [9.17, 15) is 4.79 Å². The van der Waals surface area contributed by atoms with Crippen LogP contribution in [0.25, 0.3) is 22.1 Å². The average Bonchev–Trinajstić information content (AvgIpc) is 3.05. The molecule has 0 atom stereocenters. The van der Waals surface area contributed by atoms with Gasteiger partial charge in [-0.15, -0.1) is 10.2 Å². The van der Waals surface area contributed by atoms with E-state index >= 15 is 0 Å². The number of anilines is 6. The van der Waals surface area contributed by atoms with Crippen molar-refractivity contribution in [2.24, 2.45) is 0 Å². The molecule has 6 rings (SSSR count). The highest BCUT2D eigenvalue weighted by Crippen LogP contribution is 2.22. The molecule has 6 aromatic heterocycles. The Bertz CT molecular complexity index is 2000. The van der Waals surface area contributed by atoms with Gasteiger partial charge in [-0.25, -0.2) is 9.97 Å². The van der Waals surface area contributed by atoms with Gasteiger partial charge in [0, 0.05) is 6.42 Å². The summed E-state index contributed by atoms with van der Waals surface area (Å²) in [6.45, 7) is 10.4. The van der Waals surface area contributed by atoms with Crippen molar-refractivity contribution in [1.29, 1.82) is 0 Å². The summed E-state index contributed by atoms with van der Waals surface area (Å²) in [5, 5.41) is 25.4. The molecule has 13 heteroatoms. The molecule has 6 heterocycles. The monoisotopic (exact) mass is 630 g/mol. The van der Waals surface area contributed by atoms with Gasteiger partial charge >= 0.3 is 0 Å². The van der Waals surface area contributed by atoms with Gasteiger partial charge in [0.25, 0.3) is 0 Å². The van der Waals surface area contributed by atoms with Crippen LogP contribution in [0.1, 0.15) is 70.4 Å². The average molecular weight is 631 g/mol. The molecule has 5 N–H and O–H groups in total. The van der Waals surface area contributed by atoms with E-state index in [0.717, 1.165) is 34.1 Å². The van der Waals surface area contributed by atoms with Crippen LogP contribution < -0.4 is 21.7 Å². The number of rotatable bonds is 9. The number of hydrogen-bond acceptors (Lipinski definition) is 12. The maximum absolute atomic E-state index is 11.8. The van der Waals surface area contributed by atoms with E-state index < -0.39 is 0 Å². The first kappa shape index (κ1) is 32.5. The van der Waals surface area contributed by atoms with E-state index in [1.165, 1.54) is 0 Å². The largest absolute Gasteiger partial charge is 0.397 e. The summed E-state index contributed by atoms with van der Waals surface area (Å²) >= 11 is 0. The number of carbonyl (C=O) groups is 1. The van der Waals surface area contributed by atoms with Crippen LogP contribution in [0.3, 0.4) is 0 Å². The normalized spacial score (nSPS) is 11.0. The van der Waals surface area contributed by atoms with Gasteiger partial charge in [0.15, 0.2) is 11.6 Å². The molecule has 0 aliphatic carbocycles. The molecule has 0 spiro atoms. The zero-order valence-electron chi connectivity index (χ0n) is 27.1. The van der Waals surface area contributed by atoms with E-state index in [1.54, 1.807) is 30.9 Å². The fourth-order valence-electron chi connectivity index (χ4n) is 4.47. The number of fused-ring (bicyclic) bond motifs is 2. The second kappa shape index (κ2) is 15.0. The molecule has 0 fully saturated rings. The molecule has 1 amide bonds. The van der Waals surface area contributed by atoms with Crippen LogP contribution in [-0.2, 0) is 4.79 Å². The van der Waals surface area contributed by atoms with E-state index in [4.69, 9.17) is 5.73 Å². The predicted molar refractivity (Wildman–Crippen MR) is 186 cm³/mol. The van der Waals surface area contributed by atoms with Crippen LogP contribution >= 0.6 is 0 Å². The van der Waals surface area contributed by atoms with Gasteiger partial charge in [0.2, 0.25) is 5.91 Å². The minimum atomic E-state index is -0.0243. The van der Waals surface area contributed by atoms with Crippen molar-refractivity contribution in [3.8, 4) is 0 Å². The topological polar surface area (TPSA) is 182 Å². The van der Waals surface area contributed by atoms with Crippen LogP contribution in [-0.4, -0.2) is 46.2 Å². The molecule has 47 heavy (non-hydrogen) atoms. The minimum absolute atomic E-state index is 0.0243. The highest BCUT2D eigenvalue weighted by Gasteiger charge is 2.08. The van der Waals surface area contributed by atoms with Crippen molar-refractivity contribution >= 4 is 62.6 Å². The Kier molecular flexibility index (Phi) is 10.4.